The van der Waals surface area contributed by atoms with Crippen molar-refractivity contribution in [3.8, 4) is 75.2 Å². The number of hydrogen-bond acceptors (Lipinski definition) is 9. The van der Waals surface area contributed by atoms with E-state index in [1.807, 2.05) is 0 Å². The molecule has 0 amide bonds. The first-order valence-corrected chi connectivity index (χ1v) is 26.9. The lowest BCUT2D eigenvalue weighted by atomic mass is 10.1. The maximum absolute atomic E-state index is 11.8. The summed E-state index contributed by atoms with van der Waals surface area (Å²) in [6, 6.07) is 51.4. The highest BCUT2D eigenvalue weighted by Crippen LogP contribution is 2.51. The summed E-state index contributed by atoms with van der Waals surface area (Å²) in [4.78, 5) is 23.4. The number of rotatable bonds is 22. The van der Waals surface area contributed by atoms with E-state index in [2.05, 4.69) is 169 Å². The van der Waals surface area contributed by atoms with Gasteiger partial charge in [0.1, 0.15) is 24.7 Å². The second kappa shape index (κ2) is 23.7. The molecular weight excluding hydrogens is 941 g/mol. The Morgan fingerprint density at radius 3 is 1.34 bits per heavy atom. The van der Waals surface area contributed by atoms with Crippen LogP contribution in [0.4, 0.5) is 17.1 Å². The van der Waals surface area contributed by atoms with Crippen LogP contribution in [0.2, 0.25) is 0 Å². The number of carboxylic acid groups (broad SMARTS) is 1. The Hall–Kier alpha value is -7.10. The molecule has 0 radical (unpaired) electrons. The zero-order chi connectivity index (χ0) is 48.9. The lowest BCUT2D eigenvalue weighted by molar-refractivity contribution is -0.132. The molecule has 1 aliphatic rings. The van der Waals surface area contributed by atoms with Crippen LogP contribution in [-0.4, -0.2) is 37.5 Å². The Morgan fingerprint density at radius 2 is 0.944 bits per heavy atom. The number of benzene rings is 5. The molecule has 0 aliphatic carbocycles. The fourth-order valence-corrected chi connectivity index (χ4v) is 11.6. The Morgan fingerprint density at radius 1 is 0.549 bits per heavy atom. The molecule has 11 heteroatoms. The zero-order valence-corrected chi connectivity index (χ0v) is 42.5. The quantitative estimate of drug-likeness (QED) is 0.0411. The summed E-state index contributed by atoms with van der Waals surface area (Å²) in [7, 11) is 0. The summed E-state index contributed by atoms with van der Waals surface area (Å²) in [6.07, 6.45) is 10.8. The Balaban J connectivity index is 0.974. The smallest absolute Gasteiger partial charge is 0.333 e. The largest absolute Gasteiger partial charge is 0.494 e. The van der Waals surface area contributed by atoms with Crippen molar-refractivity contribution in [1.29, 1.82) is 0 Å². The van der Waals surface area contributed by atoms with E-state index in [0.29, 0.717) is 29.6 Å². The van der Waals surface area contributed by atoms with Crippen LogP contribution in [0, 0.1) is 6.57 Å². The third-order valence-corrected chi connectivity index (χ3v) is 15.8. The van der Waals surface area contributed by atoms with Crippen LogP contribution in [0.1, 0.15) is 70.1 Å². The highest BCUT2D eigenvalue weighted by Gasteiger charge is 2.26. The van der Waals surface area contributed by atoms with Gasteiger partial charge >= 0.3 is 5.97 Å². The maximum atomic E-state index is 11.8. The minimum atomic E-state index is -1.29. The van der Waals surface area contributed by atoms with Crippen LogP contribution in [-0.2, 0) is 4.79 Å². The van der Waals surface area contributed by atoms with Gasteiger partial charge < -0.3 is 29.0 Å². The molecule has 0 unspecified atom stereocenters. The van der Waals surface area contributed by atoms with E-state index in [1.54, 1.807) is 22.7 Å². The van der Waals surface area contributed by atoms with Crippen molar-refractivity contribution in [3.05, 3.63) is 168 Å². The Kier molecular flexibility index (Phi) is 16.3. The van der Waals surface area contributed by atoms with Crippen LogP contribution in [0.5, 0.6) is 23.0 Å². The van der Waals surface area contributed by atoms with Gasteiger partial charge in [-0.1, -0.05) is 88.8 Å². The Bertz CT molecular complexity index is 2950. The minimum absolute atomic E-state index is 0.336. The van der Waals surface area contributed by atoms with Crippen molar-refractivity contribution < 1.29 is 28.8 Å². The number of fused-ring (bicyclic) bond motifs is 1. The molecule has 9 rings (SSSR count). The normalized spacial score (nSPS) is 12.1. The first-order valence-electron chi connectivity index (χ1n) is 24.4. The molecule has 5 aromatic carbocycles. The van der Waals surface area contributed by atoms with E-state index in [0.717, 1.165) is 76.2 Å². The molecule has 1 aliphatic heterocycles. The van der Waals surface area contributed by atoms with Gasteiger partial charge in [0.05, 0.1) is 29.5 Å². The highest BCUT2D eigenvalue weighted by atomic mass is 32.1. The van der Waals surface area contributed by atoms with E-state index >= 15 is 0 Å². The first-order chi connectivity index (χ1) is 34.9. The zero-order valence-electron chi connectivity index (χ0n) is 40.0. The maximum Gasteiger partial charge on any atom is 0.333 e. The van der Waals surface area contributed by atoms with Crippen LogP contribution in [0.15, 0.2) is 151 Å². The highest BCUT2D eigenvalue weighted by molar-refractivity contribution is 7.19. The van der Waals surface area contributed by atoms with Gasteiger partial charge in [-0.2, -0.15) is 0 Å². The van der Waals surface area contributed by atoms with Crippen molar-refractivity contribution in [2.75, 3.05) is 31.3 Å². The average Bonchev–Trinajstić information content (AvgIpc) is 4.20. The SMILES string of the molecule is [C-]#[N+]C(=Cc1sc(-c2ccc(N(c3ccc(-c4ccc(-c5ccc(OCCCCCC)cc5)s4)cc3)c3ccc(-c4ccc(-c5ccc(OCCCCCC)cc5)s4)cc3)cc2)c2c1OCCO2)C(=O)O. The van der Waals surface area contributed by atoms with Crippen molar-refractivity contribution in [2.24, 2.45) is 0 Å². The molecule has 0 saturated heterocycles. The lowest BCUT2D eigenvalue weighted by Crippen LogP contribution is -2.15. The molecule has 0 saturated carbocycles. The second-order valence-electron chi connectivity index (χ2n) is 17.3. The van der Waals surface area contributed by atoms with Gasteiger partial charge in [-0.3, -0.25) is 4.79 Å². The van der Waals surface area contributed by atoms with Crippen LogP contribution in [0.25, 0.3) is 63.1 Å². The number of carbonyl (C=O) groups is 1. The third-order valence-electron chi connectivity index (χ3n) is 12.3. The van der Waals surface area contributed by atoms with Gasteiger partial charge in [0, 0.05) is 36.6 Å². The standard InChI is InChI=1S/C60H56N2O6S3/c1-4-6-8-10-36-65-49-28-18-43(19-29-49)54-34-32-52(69-54)41-12-22-46(23-13-41)62(48-26-16-45(17-27-48)59-58-57(67-38-39-68-58)56(71-59)40-51(61-3)60(63)64)47-24-14-42(15-25-47)53-33-35-55(70-53)44-20-30-50(31-21-44)66-37-11-9-7-5-2/h12-35,40H,4-11,36-39H2,1-2H3,(H,63,64). The van der Waals surface area contributed by atoms with E-state index in [1.165, 1.54) is 86.6 Å². The van der Waals surface area contributed by atoms with E-state index in [4.69, 9.17) is 25.5 Å². The summed E-state index contributed by atoms with van der Waals surface area (Å²) in [5.41, 5.74) is 8.08. The van der Waals surface area contributed by atoms with Crippen molar-refractivity contribution >= 4 is 63.1 Å². The molecule has 8 aromatic rings. The van der Waals surface area contributed by atoms with E-state index < -0.39 is 5.97 Å². The van der Waals surface area contributed by atoms with Crippen LogP contribution in [0.3, 0.4) is 0 Å². The van der Waals surface area contributed by atoms with Gasteiger partial charge in [0.25, 0.3) is 5.70 Å². The fourth-order valence-electron chi connectivity index (χ4n) is 8.45. The van der Waals surface area contributed by atoms with Crippen LogP contribution >= 0.6 is 34.0 Å². The lowest BCUT2D eigenvalue weighted by Gasteiger charge is -2.26. The number of ether oxygens (including phenoxy) is 4. The summed E-state index contributed by atoms with van der Waals surface area (Å²) < 4.78 is 24.1. The number of hydrogen-bond donors (Lipinski definition) is 1. The molecule has 0 bridgehead atoms. The number of anilines is 3. The van der Waals surface area contributed by atoms with Crippen molar-refractivity contribution in [3.63, 3.8) is 0 Å². The number of nitrogens with zero attached hydrogens (tertiary/aromatic N) is 2. The molecule has 1 N–H and O–H groups in total. The van der Waals surface area contributed by atoms with Crippen LogP contribution < -0.4 is 23.8 Å². The Labute approximate surface area is 428 Å². The second-order valence-corrected chi connectivity index (χ2v) is 20.5. The number of thiophene rings is 3. The van der Waals surface area contributed by atoms with Gasteiger partial charge in [0.2, 0.25) is 0 Å². The predicted molar refractivity (Wildman–Crippen MR) is 294 cm³/mol. The van der Waals surface area contributed by atoms with Crippen molar-refractivity contribution in [1.82, 2.24) is 0 Å². The molecule has 0 fully saturated rings. The molecule has 360 valence electrons. The van der Waals surface area contributed by atoms with Gasteiger partial charge in [-0.25, -0.2) is 4.85 Å². The number of unbranched alkanes of at least 4 members (excludes halogenated alkanes) is 6. The molecule has 71 heavy (non-hydrogen) atoms. The van der Waals surface area contributed by atoms with Gasteiger partial charge in [-0.05, 0) is 156 Å². The predicted octanol–water partition coefficient (Wildman–Crippen LogP) is 17.7. The monoisotopic (exact) mass is 996 g/mol. The first kappa shape index (κ1) is 48.9. The van der Waals surface area contributed by atoms with E-state index in [-0.39, 0.29) is 5.70 Å². The molecule has 3 aromatic heterocycles. The molecule has 0 spiro atoms. The number of aliphatic carboxylic acids is 1. The third kappa shape index (κ3) is 11.9. The van der Waals surface area contributed by atoms with Gasteiger partial charge in [-0.15, -0.1) is 34.0 Å². The summed E-state index contributed by atoms with van der Waals surface area (Å²) in [5.74, 6) is 1.56. The van der Waals surface area contributed by atoms with Gasteiger partial charge in [0.15, 0.2) is 11.5 Å². The summed E-state index contributed by atoms with van der Waals surface area (Å²) >= 11 is 4.90. The summed E-state index contributed by atoms with van der Waals surface area (Å²) in [5, 5.41) is 9.60. The molecular formula is C60H56N2O6S3. The molecule has 4 heterocycles. The fraction of sp³-hybridized carbons (Fsp3) is 0.233. The summed E-state index contributed by atoms with van der Waals surface area (Å²) in [6.45, 7) is 14.1. The van der Waals surface area contributed by atoms with E-state index in [9.17, 15) is 9.90 Å². The molecule has 0 atom stereocenters. The topological polar surface area (TPSA) is 81.8 Å². The number of carboxylic acids is 1. The minimum Gasteiger partial charge on any atom is -0.494 e. The van der Waals surface area contributed by atoms with Crippen molar-refractivity contribution in [2.45, 2.75) is 65.2 Å². The average molecular weight is 997 g/mol. The molecule has 8 nitrogen and oxygen atoms in total.